The summed E-state index contributed by atoms with van der Waals surface area (Å²) in [5.41, 5.74) is 11.4. The first-order valence-corrected chi connectivity index (χ1v) is 9.59. The van der Waals surface area contributed by atoms with Gasteiger partial charge in [-0.1, -0.05) is 37.3 Å². The predicted octanol–water partition coefficient (Wildman–Crippen LogP) is 1.27. The van der Waals surface area contributed by atoms with Gasteiger partial charge in [-0.05, 0) is 37.7 Å². The number of rotatable bonds is 9. The average molecular weight is 376 g/mol. The molecule has 0 spiro atoms. The fourth-order valence-electron chi connectivity index (χ4n) is 2.91. The number of amides is 2. The highest BCUT2D eigenvalue weighted by Gasteiger charge is 2.22. The Labute approximate surface area is 162 Å². The summed E-state index contributed by atoms with van der Waals surface area (Å²) in [6, 6.07) is 10.3. The lowest BCUT2D eigenvalue weighted by Crippen LogP contribution is -2.33. The summed E-state index contributed by atoms with van der Waals surface area (Å²) in [6.07, 6.45) is 5.67. The van der Waals surface area contributed by atoms with E-state index in [1.807, 2.05) is 30.0 Å². The van der Waals surface area contributed by atoms with Crippen LogP contribution in [0.15, 0.2) is 35.3 Å². The summed E-state index contributed by atoms with van der Waals surface area (Å²) < 4.78 is 0. The normalized spacial score (nSPS) is 13.9. The number of carbonyl (C=O) groups excluding carboxylic acids is 2. The van der Waals surface area contributed by atoms with Crippen LogP contribution < -0.4 is 16.8 Å². The summed E-state index contributed by atoms with van der Waals surface area (Å²) in [4.78, 5) is 27.6. The van der Waals surface area contributed by atoms with Gasteiger partial charge in [0, 0.05) is 32.1 Å². The molecule has 1 aromatic rings. The van der Waals surface area contributed by atoms with E-state index in [4.69, 9.17) is 11.5 Å². The Morgan fingerprint density at radius 2 is 1.89 bits per heavy atom. The van der Waals surface area contributed by atoms with Crippen molar-refractivity contribution >= 4 is 18.3 Å². The molecule has 150 valence electrons. The van der Waals surface area contributed by atoms with Gasteiger partial charge in [0.1, 0.15) is 0 Å². The number of benzene rings is 1. The minimum atomic E-state index is 0.112. The molecule has 1 unspecified atom stereocenters. The molecule has 0 aliphatic carbocycles. The fraction of sp³-hybridized carbons (Fsp3) is 0.550. The smallest absolute Gasteiger partial charge is 0.225 e. The number of nitrogens with two attached hydrogens (primary N) is 2. The lowest BCUT2D eigenvalue weighted by Gasteiger charge is -2.20. The molecule has 1 aromatic carbocycles. The highest BCUT2D eigenvalue weighted by atomic mass is 16.2. The molecular formula is C20H33N5O2. The van der Waals surface area contributed by atoms with E-state index >= 15 is 0 Å². The molecule has 2 amide bonds. The Hall–Kier alpha value is -2.57. The molecule has 0 saturated carbocycles. The van der Waals surface area contributed by atoms with Gasteiger partial charge in [0.15, 0.2) is 5.96 Å². The van der Waals surface area contributed by atoms with Gasteiger partial charge in [-0.15, -0.1) is 0 Å². The van der Waals surface area contributed by atoms with Gasteiger partial charge >= 0.3 is 0 Å². The summed E-state index contributed by atoms with van der Waals surface area (Å²) in [6.45, 7) is 5.26. The molecule has 1 atom stereocenters. The molecule has 0 radical (unpaired) electrons. The number of guanidine groups is 1. The van der Waals surface area contributed by atoms with Crippen LogP contribution in [0.2, 0.25) is 0 Å². The second-order valence-electron chi connectivity index (χ2n) is 6.71. The zero-order chi connectivity index (χ0) is 19.9. The molecule has 7 nitrogen and oxygen atoms in total. The summed E-state index contributed by atoms with van der Waals surface area (Å²) in [5, 5.41) is 2.54. The first-order chi connectivity index (χ1) is 13.0. The maximum Gasteiger partial charge on any atom is 0.225 e. The number of hydrogen-bond acceptors (Lipinski definition) is 3. The Morgan fingerprint density at radius 3 is 2.48 bits per heavy atom. The van der Waals surface area contributed by atoms with Gasteiger partial charge in [0.05, 0.1) is 0 Å². The zero-order valence-corrected chi connectivity index (χ0v) is 16.3. The number of unbranched alkanes of at least 4 members (excludes halogenated alkanes) is 1. The van der Waals surface area contributed by atoms with Crippen molar-refractivity contribution in [3.8, 4) is 0 Å². The maximum absolute atomic E-state index is 12.1. The Bertz CT molecular complexity index is 567. The fourth-order valence-corrected chi connectivity index (χ4v) is 2.91. The van der Waals surface area contributed by atoms with E-state index < -0.39 is 0 Å². The third-order valence-electron chi connectivity index (χ3n) is 4.33. The second kappa shape index (κ2) is 13.6. The lowest BCUT2D eigenvalue weighted by atomic mass is 10.00. The average Bonchev–Trinajstić information content (AvgIpc) is 3.20. The highest BCUT2D eigenvalue weighted by Crippen LogP contribution is 2.15. The van der Waals surface area contributed by atoms with Gasteiger partial charge in [-0.25, -0.2) is 0 Å². The van der Waals surface area contributed by atoms with Crippen molar-refractivity contribution in [2.45, 2.75) is 39.0 Å². The number of hydrogen-bond donors (Lipinski definition) is 3. The highest BCUT2D eigenvalue weighted by molar-refractivity contribution is 5.79. The van der Waals surface area contributed by atoms with E-state index in [9.17, 15) is 9.59 Å². The molecule has 1 fully saturated rings. The van der Waals surface area contributed by atoms with E-state index in [1.54, 1.807) is 0 Å². The number of nitrogens with zero attached hydrogens (tertiary/aromatic N) is 2. The van der Waals surface area contributed by atoms with Crippen LogP contribution in [0.4, 0.5) is 0 Å². The van der Waals surface area contributed by atoms with Crippen molar-refractivity contribution < 1.29 is 9.59 Å². The van der Waals surface area contributed by atoms with Crippen LogP contribution in [-0.2, 0) is 16.0 Å². The van der Waals surface area contributed by atoms with E-state index in [-0.39, 0.29) is 11.9 Å². The Balaban J connectivity index is 0.000000293. The second-order valence-corrected chi connectivity index (χ2v) is 6.71. The predicted molar refractivity (Wildman–Crippen MR) is 109 cm³/mol. The van der Waals surface area contributed by atoms with E-state index in [0.717, 1.165) is 32.4 Å². The topological polar surface area (TPSA) is 114 Å². The van der Waals surface area contributed by atoms with Gasteiger partial charge in [0.2, 0.25) is 12.3 Å². The molecule has 2 rings (SSSR count). The molecule has 1 heterocycles. The molecule has 1 aliphatic heterocycles. The molecule has 0 aromatic heterocycles. The molecule has 5 N–H and O–H groups in total. The number of aliphatic imine (C=N–C) groups is 1. The first kappa shape index (κ1) is 22.5. The van der Waals surface area contributed by atoms with Crippen molar-refractivity contribution in [2.24, 2.45) is 22.4 Å². The Kier molecular flexibility index (Phi) is 11.3. The van der Waals surface area contributed by atoms with Crippen LogP contribution in [0, 0.1) is 5.92 Å². The lowest BCUT2D eigenvalue weighted by molar-refractivity contribution is -0.133. The van der Waals surface area contributed by atoms with Crippen molar-refractivity contribution in [3.63, 3.8) is 0 Å². The summed E-state index contributed by atoms with van der Waals surface area (Å²) in [7, 11) is 0. The third kappa shape index (κ3) is 10.2. The van der Waals surface area contributed by atoms with Crippen LogP contribution in [0.5, 0.6) is 0 Å². The van der Waals surface area contributed by atoms with Crippen molar-refractivity contribution in [1.29, 1.82) is 0 Å². The molecule has 1 aliphatic rings. The zero-order valence-electron chi connectivity index (χ0n) is 16.3. The van der Waals surface area contributed by atoms with E-state index in [0.29, 0.717) is 25.4 Å². The first-order valence-electron chi connectivity index (χ1n) is 9.59. The molecule has 27 heavy (non-hydrogen) atoms. The van der Waals surface area contributed by atoms with Gasteiger partial charge < -0.3 is 21.7 Å². The van der Waals surface area contributed by atoms with Crippen LogP contribution in [-0.4, -0.2) is 49.4 Å². The van der Waals surface area contributed by atoms with Crippen LogP contribution in [0.3, 0.4) is 0 Å². The van der Waals surface area contributed by atoms with E-state index in [2.05, 4.69) is 22.4 Å². The van der Waals surface area contributed by atoms with Crippen LogP contribution in [0.1, 0.15) is 38.2 Å². The third-order valence-corrected chi connectivity index (χ3v) is 4.33. The SMILES string of the molecule is CC(Cc1ccccc1)C(=O)N1CCCC1.NC(N)=NCCCCNC=O. The van der Waals surface area contributed by atoms with Gasteiger partial charge in [-0.2, -0.15) is 0 Å². The van der Waals surface area contributed by atoms with Crippen LogP contribution in [0.25, 0.3) is 0 Å². The van der Waals surface area contributed by atoms with Crippen LogP contribution >= 0.6 is 0 Å². The minimum Gasteiger partial charge on any atom is -0.370 e. The minimum absolute atomic E-state index is 0.112. The molecular weight excluding hydrogens is 342 g/mol. The molecule has 7 heteroatoms. The molecule has 1 saturated heterocycles. The van der Waals surface area contributed by atoms with Crippen molar-refractivity contribution in [3.05, 3.63) is 35.9 Å². The van der Waals surface area contributed by atoms with Crippen molar-refractivity contribution in [1.82, 2.24) is 10.2 Å². The number of likely N-dealkylation sites (tertiary alicyclic amines) is 1. The van der Waals surface area contributed by atoms with Crippen molar-refractivity contribution in [2.75, 3.05) is 26.2 Å². The monoisotopic (exact) mass is 375 g/mol. The molecule has 0 bridgehead atoms. The standard InChI is InChI=1S/C14H19NO.C6H14N4O/c1-12(11-13-7-3-2-4-8-13)14(16)15-9-5-6-10-15;7-6(8)10-4-2-1-3-9-5-11/h2-4,7-8,12H,5-6,9-11H2,1H3;5H,1-4H2,(H,9,11)(H4,7,8,10). The summed E-state index contributed by atoms with van der Waals surface area (Å²) >= 11 is 0. The maximum atomic E-state index is 12.1. The van der Waals surface area contributed by atoms with Gasteiger partial charge in [-0.3, -0.25) is 14.6 Å². The summed E-state index contributed by atoms with van der Waals surface area (Å²) in [5.74, 6) is 0.551. The number of nitrogens with one attached hydrogen (secondary N) is 1. The Morgan fingerprint density at radius 1 is 1.22 bits per heavy atom. The quantitative estimate of drug-likeness (QED) is 0.261. The van der Waals surface area contributed by atoms with E-state index in [1.165, 1.54) is 18.4 Å². The largest absolute Gasteiger partial charge is 0.370 e. The van der Waals surface area contributed by atoms with Gasteiger partial charge in [0.25, 0.3) is 0 Å². The number of carbonyl (C=O) groups is 2.